The fourth-order valence-electron chi connectivity index (χ4n) is 4.04. The minimum atomic E-state index is -0.276. The zero-order chi connectivity index (χ0) is 18.1. The van der Waals surface area contributed by atoms with E-state index in [1.54, 1.807) is 20.4 Å². The molecule has 0 unspecified atom stereocenters. The Kier molecular flexibility index (Phi) is 4.32. The maximum Gasteiger partial charge on any atom is 0.221 e. The minimum absolute atomic E-state index is 0.276. The van der Waals surface area contributed by atoms with Crippen LogP contribution in [0.15, 0.2) is 24.4 Å². The maximum absolute atomic E-state index is 6.33. The van der Waals surface area contributed by atoms with Crippen molar-refractivity contribution in [1.29, 1.82) is 0 Å². The van der Waals surface area contributed by atoms with Crippen molar-refractivity contribution in [3.05, 3.63) is 35.5 Å². The number of nitrogens with zero attached hydrogens (tertiary/aromatic N) is 3. The zero-order valence-corrected chi connectivity index (χ0v) is 15.2. The van der Waals surface area contributed by atoms with Crippen LogP contribution in [0.4, 0.5) is 11.8 Å². The molecule has 1 saturated heterocycles. The third-order valence-electron chi connectivity index (χ3n) is 5.40. The van der Waals surface area contributed by atoms with E-state index in [1.165, 1.54) is 11.1 Å². The van der Waals surface area contributed by atoms with Crippen LogP contribution in [-0.2, 0) is 16.8 Å². The van der Waals surface area contributed by atoms with Gasteiger partial charge in [-0.15, -0.1) is 0 Å². The lowest BCUT2D eigenvalue weighted by Gasteiger charge is -2.45. The van der Waals surface area contributed by atoms with Crippen molar-refractivity contribution >= 4 is 11.8 Å². The molecule has 1 fully saturated rings. The lowest BCUT2D eigenvalue weighted by Crippen LogP contribution is -2.47. The summed E-state index contributed by atoms with van der Waals surface area (Å²) in [7, 11) is 3.34. The van der Waals surface area contributed by atoms with Crippen LogP contribution in [0, 0.1) is 0 Å². The van der Waals surface area contributed by atoms with Crippen LogP contribution in [0.2, 0.25) is 0 Å². The van der Waals surface area contributed by atoms with Gasteiger partial charge in [0.25, 0.3) is 0 Å². The summed E-state index contributed by atoms with van der Waals surface area (Å²) in [5.41, 5.74) is 7.96. The van der Waals surface area contributed by atoms with Crippen molar-refractivity contribution in [2.75, 3.05) is 44.5 Å². The van der Waals surface area contributed by atoms with Gasteiger partial charge in [0.2, 0.25) is 5.95 Å². The van der Waals surface area contributed by atoms with Crippen LogP contribution in [0.3, 0.4) is 0 Å². The summed E-state index contributed by atoms with van der Waals surface area (Å²) in [6.07, 6.45) is 4.37. The average Bonchev–Trinajstić information content (AvgIpc) is 2.68. The van der Waals surface area contributed by atoms with E-state index in [0.717, 1.165) is 56.3 Å². The van der Waals surface area contributed by atoms with Crippen LogP contribution >= 0.6 is 0 Å². The molecule has 0 bridgehead atoms. The van der Waals surface area contributed by atoms with Crippen LogP contribution in [-0.4, -0.2) is 43.9 Å². The van der Waals surface area contributed by atoms with Crippen LogP contribution in [0.5, 0.6) is 11.5 Å². The minimum Gasteiger partial charge on any atom is -0.493 e. The zero-order valence-electron chi connectivity index (χ0n) is 15.2. The number of hydrogen-bond acceptors (Lipinski definition) is 7. The molecule has 4 rings (SSSR count). The topological polar surface area (TPSA) is 82.7 Å². The first-order valence-corrected chi connectivity index (χ1v) is 8.88. The number of nitrogen functional groups attached to an aromatic ring is 1. The van der Waals surface area contributed by atoms with E-state index < -0.39 is 0 Å². The smallest absolute Gasteiger partial charge is 0.221 e. The molecule has 2 aliphatic rings. The normalized spacial score (nSPS) is 18.5. The lowest BCUT2D eigenvalue weighted by molar-refractivity contribution is -0.0768. The Morgan fingerprint density at radius 2 is 1.88 bits per heavy atom. The molecule has 3 heterocycles. The molecule has 1 spiro atoms. The molecular formula is C19H24N4O3. The van der Waals surface area contributed by atoms with Crippen molar-refractivity contribution in [2.45, 2.75) is 24.9 Å². The van der Waals surface area contributed by atoms with Crippen molar-refractivity contribution in [3.63, 3.8) is 0 Å². The highest BCUT2D eigenvalue weighted by Crippen LogP contribution is 2.45. The van der Waals surface area contributed by atoms with Gasteiger partial charge in [-0.25, -0.2) is 4.98 Å². The summed E-state index contributed by atoms with van der Waals surface area (Å²) >= 11 is 0. The van der Waals surface area contributed by atoms with E-state index >= 15 is 0 Å². The standard InChI is InChI=1S/C19H24N4O3/c1-24-15-11-13-4-10-26-19(14(13)12-16(15)25-2)5-8-23(9-6-19)17-3-7-21-18(20)22-17/h3,7,11-12H,4-6,8-10H2,1-2H3,(H2,20,21,22). The molecule has 0 saturated carbocycles. The number of aromatic nitrogens is 2. The van der Waals surface area contributed by atoms with Gasteiger partial charge < -0.3 is 24.8 Å². The van der Waals surface area contributed by atoms with Crippen LogP contribution in [0.25, 0.3) is 0 Å². The number of methoxy groups -OCH3 is 2. The van der Waals surface area contributed by atoms with Gasteiger partial charge in [-0.2, -0.15) is 4.98 Å². The van der Waals surface area contributed by atoms with E-state index in [9.17, 15) is 0 Å². The Balaban J connectivity index is 1.62. The predicted molar refractivity (Wildman–Crippen MR) is 98.8 cm³/mol. The van der Waals surface area contributed by atoms with E-state index in [-0.39, 0.29) is 5.60 Å². The number of rotatable bonds is 3. The second-order valence-electron chi connectivity index (χ2n) is 6.72. The number of piperidine rings is 1. The first kappa shape index (κ1) is 16.9. The highest BCUT2D eigenvalue weighted by atomic mass is 16.5. The summed E-state index contributed by atoms with van der Waals surface area (Å²) < 4.78 is 17.3. The molecule has 138 valence electrons. The Bertz CT molecular complexity index is 803. The van der Waals surface area contributed by atoms with Gasteiger partial charge in [-0.3, -0.25) is 0 Å². The molecule has 7 heteroatoms. The fraction of sp³-hybridized carbons (Fsp3) is 0.474. The summed E-state index contributed by atoms with van der Waals surface area (Å²) in [4.78, 5) is 10.6. The molecule has 2 N–H and O–H groups in total. The van der Waals surface area contributed by atoms with Crippen molar-refractivity contribution in [2.24, 2.45) is 0 Å². The van der Waals surface area contributed by atoms with Crippen molar-refractivity contribution in [1.82, 2.24) is 9.97 Å². The second kappa shape index (κ2) is 6.64. The Morgan fingerprint density at radius 3 is 2.58 bits per heavy atom. The lowest BCUT2D eigenvalue weighted by atomic mass is 9.79. The third kappa shape index (κ3) is 2.82. The third-order valence-corrected chi connectivity index (χ3v) is 5.40. The number of fused-ring (bicyclic) bond motifs is 2. The number of nitrogens with two attached hydrogens (primary N) is 1. The number of benzene rings is 1. The van der Waals surface area contributed by atoms with Crippen molar-refractivity contribution < 1.29 is 14.2 Å². The Morgan fingerprint density at radius 1 is 1.15 bits per heavy atom. The summed E-state index contributed by atoms with van der Waals surface area (Å²) in [5, 5.41) is 0. The molecule has 0 amide bonds. The molecule has 2 aliphatic heterocycles. The molecule has 0 aliphatic carbocycles. The quantitative estimate of drug-likeness (QED) is 0.902. The Labute approximate surface area is 153 Å². The predicted octanol–water partition coefficient (Wildman–Crippen LogP) is 2.14. The fourth-order valence-corrected chi connectivity index (χ4v) is 4.04. The van der Waals surface area contributed by atoms with Crippen molar-refractivity contribution in [3.8, 4) is 11.5 Å². The average molecular weight is 356 g/mol. The summed E-state index contributed by atoms with van der Waals surface area (Å²) in [6.45, 7) is 2.43. The second-order valence-corrected chi connectivity index (χ2v) is 6.72. The molecule has 2 aromatic rings. The SMILES string of the molecule is COc1cc2c(cc1OC)C1(CCN(c3ccnc(N)n3)CC1)OCC2. The molecule has 0 radical (unpaired) electrons. The summed E-state index contributed by atoms with van der Waals surface area (Å²) in [6, 6.07) is 6.08. The Hall–Kier alpha value is -2.54. The van der Waals surface area contributed by atoms with Gasteiger partial charge >= 0.3 is 0 Å². The van der Waals surface area contributed by atoms with Gasteiger partial charge in [0.1, 0.15) is 5.82 Å². The maximum atomic E-state index is 6.33. The van der Waals surface area contributed by atoms with Gasteiger partial charge in [0.05, 0.1) is 26.4 Å². The van der Waals surface area contributed by atoms with Gasteiger partial charge in [0.15, 0.2) is 11.5 Å². The first-order chi connectivity index (χ1) is 12.6. The molecule has 26 heavy (non-hydrogen) atoms. The van der Waals surface area contributed by atoms with Gasteiger partial charge in [0, 0.05) is 19.3 Å². The molecule has 7 nitrogen and oxygen atoms in total. The number of ether oxygens (including phenoxy) is 3. The van der Waals surface area contributed by atoms with Crippen LogP contribution in [0.1, 0.15) is 24.0 Å². The van der Waals surface area contributed by atoms with Gasteiger partial charge in [-0.05, 0) is 48.6 Å². The highest BCUT2D eigenvalue weighted by Gasteiger charge is 2.41. The molecular weight excluding hydrogens is 332 g/mol. The van der Waals surface area contributed by atoms with E-state index in [2.05, 4.69) is 27.0 Å². The highest BCUT2D eigenvalue weighted by molar-refractivity contribution is 5.51. The number of anilines is 2. The monoisotopic (exact) mass is 356 g/mol. The van der Waals surface area contributed by atoms with E-state index in [1.807, 2.05) is 6.07 Å². The molecule has 1 aromatic carbocycles. The number of hydrogen-bond donors (Lipinski definition) is 1. The van der Waals surface area contributed by atoms with E-state index in [4.69, 9.17) is 19.9 Å². The van der Waals surface area contributed by atoms with E-state index in [0.29, 0.717) is 5.95 Å². The van der Waals surface area contributed by atoms with Gasteiger partial charge in [-0.1, -0.05) is 0 Å². The summed E-state index contributed by atoms with van der Waals surface area (Å²) in [5.74, 6) is 2.70. The van der Waals surface area contributed by atoms with Crippen LogP contribution < -0.4 is 20.1 Å². The molecule has 0 atom stereocenters. The first-order valence-electron chi connectivity index (χ1n) is 8.88. The largest absolute Gasteiger partial charge is 0.493 e. The molecule has 1 aromatic heterocycles.